The minimum absolute atomic E-state index is 0.0692. The van der Waals surface area contributed by atoms with Crippen LogP contribution in [-0.4, -0.2) is 22.8 Å². The van der Waals surface area contributed by atoms with E-state index in [9.17, 15) is 13.2 Å². The minimum atomic E-state index is -4.19. The number of rotatable bonds is 4. The highest BCUT2D eigenvalue weighted by Crippen LogP contribution is 2.30. The van der Waals surface area contributed by atoms with Gasteiger partial charge in [0.25, 0.3) is 0 Å². The van der Waals surface area contributed by atoms with Crippen LogP contribution in [0.1, 0.15) is 0 Å². The predicted octanol–water partition coefficient (Wildman–Crippen LogP) is 4.16. The van der Waals surface area contributed by atoms with Crippen molar-refractivity contribution < 1.29 is 13.2 Å². The molecule has 0 aromatic carbocycles. The molecule has 0 unspecified atom stereocenters. The summed E-state index contributed by atoms with van der Waals surface area (Å²) in [5.41, 5.74) is -4.19. The lowest BCUT2D eigenvalue weighted by molar-refractivity contribution is -0.0327. The zero-order valence-electron chi connectivity index (χ0n) is 7.81. The lowest BCUT2D eigenvalue weighted by Gasteiger charge is -2.08. The normalized spacial score (nSPS) is 11.6. The molecule has 1 N–H and O–H groups in total. The van der Waals surface area contributed by atoms with Crippen LogP contribution in [-0.2, 0) is 0 Å². The van der Waals surface area contributed by atoms with E-state index in [4.69, 9.17) is 11.6 Å². The summed E-state index contributed by atoms with van der Waals surface area (Å²) in [6.07, 6.45) is 1.42. The standard InChI is InChI=1S/C8H7BrClF3N2S/c9-6-3-5(10)4-15-7(6)14-1-2-16-8(11,12)13/h3-4H,1-2H2,(H,14,15). The molecule has 0 aliphatic carbocycles. The van der Waals surface area contributed by atoms with Crippen LogP contribution in [0.4, 0.5) is 19.0 Å². The molecule has 0 spiro atoms. The van der Waals surface area contributed by atoms with Crippen molar-refractivity contribution in [2.24, 2.45) is 0 Å². The first kappa shape index (κ1) is 13.9. The summed E-state index contributed by atoms with van der Waals surface area (Å²) in [6.45, 7) is 0.178. The third-order valence-corrected chi connectivity index (χ3v) is 3.01. The molecule has 0 aliphatic rings. The van der Waals surface area contributed by atoms with E-state index < -0.39 is 5.51 Å². The highest BCUT2D eigenvalue weighted by Gasteiger charge is 2.27. The molecule has 1 heterocycles. The molecule has 0 saturated carbocycles. The molecule has 1 aromatic heterocycles. The monoisotopic (exact) mass is 334 g/mol. The van der Waals surface area contributed by atoms with Gasteiger partial charge in [-0.2, -0.15) is 13.2 Å². The Morgan fingerprint density at radius 3 is 2.75 bits per heavy atom. The Morgan fingerprint density at radius 2 is 2.19 bits per heavy atom. The fourth-order valence-electron chi connectivity index (χ4n) is 0.881. The fourth-order valence-corrected chi connectivity index (χ4v) is 2.10. The Morgan fingerprint density at radius 1 is 1.50 bits per heavy atom. The predicted molar refractivity (Wildman–Crippen MR) is 63.9 cm³/mol. The summed E-state index contributed by atoms with van der Waals surface area (Å²) in [7, 11) is 0. The maximum absolute atomic E-state index is 11.8. The van der Waals surface area contributed by atoms with Gasteiger partial charge in [-0.1, -0.05) is 11.6 Å². The van der Waals surface area contributed by atoms with Crippen LogP contribution in [0.3, 0.4) is 0 Å². The first-order chi connectivity index (χ1) is 7.38. The van der Waals surface area contributed by atoms with Crippen molar-refractivity contribution in [2.45, 2.75) is 5.51 Å². The van der Waals surface area contributed by atoms with E-state index in [1.54, 1.807) is 6.07 Å². The molecule has 90 valence electrons. The second-order valence-corrected chi connectivity index (χ2v) is 5.16. The van der Waals surface area contributed by atoms with Crippen molar-refractivity contribution in [1.82, 2.24) is 4.98 Å². The van der Waals surface area contributed by atoms with E-state index in [1.165, 1.54) is 6.20 Å². The van der Waals surface area contributed by atoms with Crippen molar-refractivity contribution in [3.05, 3.63) is 21.8 Å². The van der Waals surface area contributed by atoms with Gasteiger partial charge < -0.3 is 5.32 Å². The van der Waals surface area contributed by atoms with Crippen molar-refractivity contribution in [2.75, 3.05) is 17.6 Å². The van der Waals surface area contributed by atoms with Gasteiger partial charge in [-0.05, 0) is 33.8 Å². The highest BCUT2D eigenvalue weighted by atomic mass is 79.9. The van der Waals surface area contributed by atoms with Crippen molar-refractivity contribution in [3.63, 3.8) is 0 Å². The number of nitrogens with one attached hydrogen (secondary N) is 1. The molecule has 0 radical (unpaired) electrons. The molecule has 1 aromatic rings. The molecule has 2 nitrogen and oxygen atoms in total. The smallest absolute Gasteiger partial charge is 0.368 e. The Kier molecular flexibility index (Phi) is 5.20. The highest BCUT2D eigenvalue weighted by molar-refractivity contribution is 9.10. The third kappa shape index (κ3) is 5.27. The lowest BCUT2D eigenvalue weighted by Crippen LogP contribution is -2.10. The second kappa shape index (κ2) is 5.97. The van der Waals surface area contributed by atoms with E-state index in [-0.39, 0.29) is 24.1 Å². The van der Waals surface area contributed by atoms with Crippen LogP contribution < -0.4 is 5.32 Å². The average molecular weight is 336 g/mol. The molecule has 0 atom stereocenters. The number of anilines is 1. The Labute approximate surface area is 108 Å². The summed E-state index contributed by atoms with van der Waals surface area (Å²) >= 11 is 8.80. The molecule has 1 rings (SSSR count). The molecule has 0 saturated heterocycles. The molecular formula is C8H7BrClF3N2S. The Balaban J connectivity index is 2.38. The van der Waals surface area contributed by atoms with Gasteiger partial charge >= 0.3 is 5.51 Å². The van der Waals surface area contributed by atoms with Crippen LogP contribution in [0.15, 0.2) is 16.7 Å². The zero-order chi connectivity index (χ0) is 12.2. The van der Waals surface area contributed by atoms with Crippen LogP contribution in [0, 0.1) is 0 Å². The van der Waals surface area contributed by atoms with Gasteiger partial charge in [0.05, 0.1) is 9.50 Å². The topological polar surface area (TPSA) is 24.9 Å². The number of hydrogen-bond acceptors (Lipinski definition) is 3. The Hall–Kier alpha value is -0.140. The van der Waals surface area contributed by atoms with Gasteiger partial charge in [-0.3, -0.25) is 0 Å². The zero-order valence-corrected chi connectivity index (χ0v) is 11.0. The van der Waals surface area contributed by atoms with Gasteiger partial charge in [0, 0.05) is 18.5 Å². The molecular weight excluding hydrogens is 329 g/mol. The minimum Gasteiger partial charge on any atom is -0.368 e. The number of aromatic nitrogens is 1. The number of halogens is 5. The molecule has 0 amide bonds. The number of nitrogens with zero attached hydrogens (tertiary/aromatic N) is 1. The second-order valence-electron chi connectivity index (χ2n) is 2.70. The van der Waals surface area contributed by atoms with Crippen LogP contribution in [0.5, 0.6) is 0 Å². The van der Waals surface area contributed by atoms with Gasteiger partial charge in [0.2, 0.25) is 0 Å². The van der Waals surface area contributed by atoms with Crippen molar-refractivity contribution >= 4 is 45.1 Å². The number of pyridine rings is 1. The molecule has 16 heavy (non-hydrogen) atoms. The van der Waals surface area contributed by atoms with Gasteiger partial charge in [-0.25, -0.2) is 4.98 Å². The quantitative estimate of drug-likeness (QED) is 0.836. The summed E-state index contributed by atoms with van der Waals surface area (Å²) in [4.78, 5) is 3.93. The summed E-state index contributed by atoms with van der Waals surface area (Å²) < 4.78 is 36.0. The lowest BCUT2D eigenvalue weighted by atomic mass is 10.4. The van der Waals surface area contributed by atoms with Crippen molar-refractivity contribution in [3.8, 4) is 0 Å². The summed E-state index contributed by atoms with van der Waals surface area (Å²) in [6, 6.07) is 1.62. The van der Waals surface area contributed by atoms with E-state index in [2.05, 4.69) is 26.2 Å². The van der Waals surface area contributed by atoms with Crippen LogP contribution in [0.2, 0.25) is 5.02 Å². The first-order valence-electron chi connectivity index (χ1n) is 4.14. The van der Waals surface area contributed by atoms with E-state index in [0.29, 0.717) is 15.3 Å². The molecule has 0 bridgehead atoms. The molecule has 0 fully saturated rings. The average Bonchev–Trinajstić information content (AvgIpc) is 2.13. The largest absolute Gasteiger partial charge is 0.441 e. The molecule has 0 aliphatic heterocycles. The van der Waals surface area contributed by atoms with E-state index in [1.807, 2.05) is 0 Å². The van der Waals surface area contributed by atoms with E-state index in [0.717, 1.165) is 0 Å². The van der Waals surface area contributed by atoms with Gasteiger partial charge in [0.15, 0.2) is 0 Å². The van der Waals surface area contributed by atoms with Gasteiger partial charge in [0.1, 0.15) is 5.82 Å². The summed E-state index contributed by atoms with van der Waals surface area (Å²) in [5, 5.41) is 3.24. The number of alkyl halides is 3. The van der Waals surface area contributed by atoms with Gasteiger partial charge in [-0.15, -0.1) is 0 Å². The SMILES string of the molecule is FC(F)(F)SCCNc1ncc(Cl)cc1Br. The number of hydrogen-bond donors (Lipinski definition) is 1. The maximum atomic E-state index is 11.8. The van der Waals surface area contributed by atoms with Crippen LogP contribution >= 0.6 is 39.3 Å². The van der Waals surface area contributed by atoms with E-state index >= 15 is 0 Å². The fraction of sp³-hybridized carbons (Fsp3) is 0.375. The number of thioether (sulfide) groups is 1. The maximum Gasteiger partial charge on any atom is 0.441 e. The van der Waals surface area contributed by atoms with Crippen LogP contribution in [0.25, 0.3) is 0 Å². The Bertz CT molecular complexity index is 362. The summed E-state index contributed by atoms with van der Waals surface area (Å²) in [5.74, 6) is 0.410. The first-order valence-corrected chi connectivity index (χ1v) is 6.30. The molecule has 8 heteroatoms. The van der Waals surface area contributed by atoms with Crippen molar-refractivity contribution in [1.29, 1.82) is 0 Å². The third-order valence-electron chi connectivity index (χ3n) is 1.47.